The molecular weight excluding hydrogens is 497 g/mol. The van der Waals surface area contributed by atoms with Crippen molar-refractivity contribution in [1.29, 1.82) is 0 Å². The van der Waals surface area contributed by atoms with Gasteiger partial charge in [0, 0.05) is 26.6 Å². The van der Waals surface area contributed by atoms with Crippen LogP contribution in [0.15, 0.2) is 36.4 Å². The van der Waals surface area contributed by atoms with Crippen LogP contribution in [-0.2, 0) is 26.2 Å². The summed E-state index contributed by atoms with van der Waals surface area (Å²) >= 11 is 12.1. The molecule has 2 aromatic rings. The molecule has 7 nitrogen and oxygen atoms in total. The average molecular weight is 529 g/mol. The first-order valence-corrected chi connectivity index (χ1v) is 13.4. The molecule has 1 unspecified atom stereocenters. The fourth-order valence-corrected chi connectivity index (χ4v) is 4.99. The molecule has 0 radical (unpaired) electrons. The molecule has 1 N–H and O–H groups in total. The Morgan fingerprint density at radius 3 is 2.18 bits per heavy atom. The summed E-state index contributed by atoms with van der Waals surface area (Å²) in [6.07, 6.45) is 1.51. The van der Waals surface area contributed by atoms with Gasteiger partial charge in [-0.05, 0) is 68.1 Å². The van der Waals surface area contributed by atoms with Crippen molar-refractivity contribution in [1.82, 2.24) is 10.2 Å². The summed E-state index contributed by atoms with van der Waals surface area (Å²) < 4.78 is 26.2. The number of halogens is 2. The maximum atomic E-state index is 13.2. The zero-order chi connectivity index (χ0) is 25.6. The molecule has 0 saturated carbocycles. The first-order chi connectivity index (χ1) is 15.8. The summed E-state index contributed by atoms with van der Waals surface area (Å²) in [4.78, 5) is 26.9. The molecule has 0 saturated heterocycles. The summed E-state index contributed by atoms with van der Waals surface area (Å²) in [5.74, 6) is -0.572. The van der Waals surface area contributed by atoms with Crippen LogP contribution in [0.4, 0.5) is 5.69 Å². The SMILES string of the molecule is CNC(=O)C(C)N(Cc1ccc(Cl)c(Cl)c1)C(=O)CCCN(c1cc(C)cc(C)c1)S(C)(=O)=O. The fraction of sp³-hybridized carbons (Fsp3) is 0.417. The minimum Gasteiger partial charge on any atom is -0.357 e. The molecule has 2 rings (SSSR count). The highest BCUT2D eigenvalue weighted by Crippen LogP contribution is 2.25. The molecule has 0 spiro atoms. The minimum absolute atomic E-state index is 0.0689. The summed E-state index contributed by atoms with van der Waals surface area (Å²) in [6.45, 7) is 5.76. The van der Waals surface area contributed by atoms with Gasteiger partial charge in [0.05, 0.1) is 22.0 Å². The Kier molecular flexibility index (Phi) is 9.79. The van der Waals surface area contributed by atoms with Gasteiger partial charge in [-0.15, -0.1) is 0 Å². The normalized spacial score (nSPS) is 12.2. The van der Waals surface area contributed by atoms with E-state index in [1.54, 1.807) is 37.3 Å². The van der Waals surface area contributed by atoms with Crippen molar-refractivity contribution in [3.63, 3.8) is 0 Å². The predicted octanol–water partition coefficient (Wildman–Crippen LogP) is 4.32. The van der Waals surface area contributed by atoms with Crippen LogP contribution in [0.1, 0.15) is 36.5 Å². The van der Waals surface area contributed by atoms with E-state index in [1.807, 2.05) is 19.9 Å². The van der Waals surface area contributed by atoms with Gasteiger partial charge in [0.1, 0.15) is 6.04 Å². The first kappa shape index (κ1) is 28.0. The summed E-state index contributed by atoms with van der Waals surface area (Å²) in [7, 11) is -2.04. The smallest absolute Gasteiger partial charge is 0.242 e. The van der Waals surface area contributed by atoms with Gasteiger partial charge in [-0.25, -0.2) is 8.42 Å². The molecule has 34 heavy (non-hydrogen) atoms. The van der Waals surface area contributed by atoms with Crippen molar-refractivity contribution in [2.24, 2.45) is 0 Å². The Hall–Kier alpha value is -2.29. The van der Waals surface area contributed by atoms with Crippen LogP contribution in [0.3, 0.4) is 0 Å². The Labute approximate surface area is 212 Å². The Bertz CT molecular complexity index is 1130. The third-order valence-electron chi connectivity index (χ3n) is 5.40. The molecule has 10 heteroatoms. The second kappa shape index (κ2) is 11.9. The number of carbonyl (C=O) groups excluding carboxylic acids is 2. The van der Waals surface area contributed by atoms with Crippen molar-refractivity contribution in [2.75, 3.05) is 24.2 Å². The van der Waals surface area contributed by atoms with Crippen LogP contribution in [0.5, 0.6) is 0 Å². The van der Waals surface area contributed by atoms with E-state index >= 15 is 0 Å². The van der Waals surface area contributed by atoms with Crippen LogP contribution in [-0.4, -0.2) is 51.0 Å². The summed E-state index contributed by atoms with van der Waals surface area (Å²) in [5, 5.41) is 3.32. The van der Waals surface area contributed by atoms with E-state index in [0.29, 0.717) is 15.7 Å². The number of sulfonamides is 1. The number of anilines is 1. The summed E-state index contributed by atoms with van der Waals surface area (Å²) in [5.41, 5.74) is 3.20. The highest BCUT2D eigenvalue weighted by Gasteiger charge is 2.26. The maximum absolute atomic E-state index is 13.2. The predicted molar refractivity (Wildman–Crippen MR) is 138 cm³/mol. The zero-order valence-electron chi connectivity index (χ0n) is 20.1. The first-order valence-electron chi connectivity index (χ1n) is 10.8. The standard InChI is InChI=1S/C24H31Cl2N3O4S/c1-16-11-17(2)13-20(12-16)29(34(5,32)33)10-6-7-23(30)28(18(3)24(31)27-4)15-19-8-9-21(25)22(26)14-19/h8-9,11-14,18H,6-7,10,15H2,1-5H3,(H,27,31). The molecule has 0 aliphatic heterocycles. The Balaban J connectivity index is 2.19. The second-order valence-corrected chi connectivity index (χ2v) is 11.1. The van der Waals surface area contributed by atoms with E-state index in [1.165, 1.54) is 16.3 Å². The quantitative estimate of drug-likeness (QED) is 0.498. The average Bonchev–Trinajstić information content (AvgIpc) is 2.74. The van der Waals surface area contributed by atoms with Gasteiger partial charge in [0.2, 0.25) is 21.8 Å². The van der Waals surface area contributed by atoms with Gasteiger partial charge in [-0.1, -0.05) is 35.3 Å². The van der Waals surface area contributed by atoms with Crippen molar-refractivity contribution >= 4 is 50.7 Å². The molecule has 2 amide bonds. The molecule has 0 fully saturated rings. The van der Waals surface area contributed by atoms with Gasteiger partial charge in [-0.2, -0.15) is 0 Å². The molecule has 1 atom stereocenters. The van der Waals surface area contributed by atoms with Crippen molar-refractivity contribution in [3.8, 4) is 0 Å². The fourth-order valence-electron chi connectivity index (χ4n) is 3.72. The number of carbonyl (C=O) groups is 2. The molecule has 0 aromatic heterocycles. The molecule has 0 heterocycles. The molecule has 0 bridgehead atoms. The van der Waals surface area contributed by atoms with Crippen LogP contribution < -0.4 is 9.62 Å². The number of hydrogen-bond acceptors (Lipinski definition) is 4. The van der Waals surface area contributed by atoms with Gasteiger partial charge in [0.15, 0.2) is 0 Å². The van der Waals surface area contributed by atoms with E-state index < -0.39 is 16.1 Å². The van der Waals surface area contributed by atoms with Crippen molar-refractivity contribution < 1.29 is 18.0 Å². The van der Waals surface area contributed by atoms with E-state index in [2.05, 4.69) is 5.32 Å². The lowest BCUT2D eigenvalue weighted by Crippen LogP contribution is -2.46. The van der Waals surface area contributed by atoms with Crippen molar-refractivity contribution in [2.45, 2.75) is 46.2 Å². The molecule has 0 aliphatic rings. The Morgan fingerprint density at radius 2 is 1.65 bits per heavy atom. The lowest BCUT2D eigenvalue weighted by atomic mass is 10.1. The number of amides is 2. The van der Waals surface area contributed by atoms with Gasteiger partial charge in [0.25, 0.3) is 0 Å². The number of benzene rings is 2. The number of hydrogen-bond donors (Lipinski definition) is 1. The van der Waals surface area contributed by atoms with E-state index in [9.17, 15) is 18.0 Å². The van der Waals surface area contributed by atoms with Crippen molar-refractivity contribution in [3.05, 3.63) is 63.1 Å². The van der Waals surface area contributed by atoms with Crippen LogP contribution in [0.25, 0.3) is 0 Å². The maximum Gasteiger partial charge on any atom is 0.242 e. The number of nitrogens with zero attached hydrogens (tertiary/aromatic N) is 2. The van der Waals surface area contributed by atoms with Gasteiger partial charge >= 0.3 is 0 Å². The molecular formula is C24H31Cl2N3O4S. The minimum atomic E-state index is -3.54. The topological polar surface area (TPSA) is 86.8 Å². The second-order valence-electron chi connectivity index (χ2n) is 8.34. The van der Waals surface area contributed by atoms with Gasteiger partial charge in [-0.3, -0.25) is 13.9 Å². The number of aryl methyl sites for hydroxylation is 2. The van der Waals surface area contributed by atoms with Gasteiger partial charge < -0.3 is 10.2 Å². The molecule has 0 aliphatic carbocycles. The number of likely N-dealkylation sites (N-methyl/N-ethyl adjacent to an activating group) is 1. The highest BCUT2D eigenvalue weighted by molar-refractivity contribution is 7.92. The van der Waals surface area contributed by atoms with Crippen LogP contribution in [0, 0.1) is 13.8 Å². The van der Waals surface area contributed by atoms with Crippen LogP contribution >= 0.6 is 23.2 Å². The zero-order valence-corrected chi connectivity index (χ0v) is 22.4. The monoisotopic (exact) mass is 527 g/mol. The molecule has 2 aromatic carbocycles. The number of nitrogens with one attached hydrogen (secondary N) is 1. The van der Waals surface area contributed by atoms with E-state index in [0.717, 1.165) is 22.9 Å². The largest absolute Gasteiger partial charge is 0.357 e. The lowest BCUT2D eigenvalue weighted by molar-refractivity contribution is -0.140. The van der Waals surface area contributed by atoms with E-state index in [-0.39, 0.29) is 37.7 Å². The van der Waals surface area contributed by atoms with E-state index in [4.69, 9.17) is 23.2 Å². The third-order valence-corrected chi connectivity index (χ3v) is 7.33. The number of rotatable bonds is 10. The molecule has 186 valence electrons. The lowest BCUT2D eigenvalue weighted by Gasteiger charge is -2.29. The summed E-state index contributed by atoms with van der Waals surface area (Å²) in [6, 6.07) is 9.90. The highest BCUT2D eigenvalue weighted by atomic mass is 35.5. The Morgan fingerprint density at radius 1 is 1.03 bits per heavy atom. The van der Waals surface area contributed by atoms with Crippen LogP contribution in [0.2, 0.25) is 10.0 Å². The third kappa shape index (κ3) is 7.61.